The topological polar surface area (TPSA) is 22.4 Å². The van der Waals surface area contributed by atoms with E-state index in [1.807, 2.05) is 32.9 Å². The third-order valence-electron chi connectivity index (χ3n) is 1.85. The zero-order chi connectivity index (χ0) is 9.90. The first-order valence-corrected chi connectivity index (χ1v) is 4.20. The molecule has 1 heterocycles. The Morgan fingerprint density at radius 2 is 2.23 bits per heavy atom. The van der Waals surface area contributed by atoms with E-state index in [-0.39, 0.29) is 0 Å². The molecule has 0 aromatic carbocycles. The molecule has 0 saturated heterocycles. The maximum atomic E-state index is 5.45. The quantitative estimate of drug-likeness (QED) is 0.663. The minimum Gasteiger partial charge on any atom is -0.463 e. The van der Waals surface area contributed by atoms with Crippen molar-refractivity contribution in [1.29, 1.82) is 0 Å². The molecule has 0 fully saturated rings. The fourth-order valence-electron chi connectivity index (χ4n) is 1.05. The molecule has 2 nitrogen and oxygen atoms in total. The average Bonchev–Trinajstić information content (AvgIpc) is 2.49. The van der Waals surface area contributed by atoms with Gasteiger partial charge in [0, 0.05) is 0 Å². The van der Waals surface area contributed by atoms with Crippen molar-refractivity contribution < 1.29 is 9.15 Å². The molecule has 0 saturated carbocycles. The van der Waals surface area contributed by atoms with Crippen molar-refractivity contribution in [1.82, 2.24) is 0 Å². The van der Waals surface area contributed by atoms with Crippen molar-refractivity contribution >= 4 is 0 Å². The van der Waals surface area contributed by atoms with Gasteiger partial charge in [0.2, 0.25) is 0 Å². The molecular weight excluding hydrogens is 164 g/mol. The molecule has 0 aliphatic rings. The van der Waals surface area contributed by atoms with Crippen molar-refractivity contribution in [3.05, 3.63) is 23.7 Å². The van der Waals surface area contributed by atoms with Crippen LogP contribution in [0.3, 0.4) is 0 Å². The molecule has 0 atom stereocenters. The fraction of sp³-hybridized carbons (Fsp3) is 0.455. The van der Waals surface area contributed by atoms with Gasteiger partial charge in [0.1, 0.15) is 23.7 Å². The number of furan rings is 1. The van der Waals surface area contributed by atoms with Gasteiger partial charge in [-0.25, -0.2) is 0 Å². The number of hydrogen-bond donors (Lipinski definition) is 0. The monoisotopic (exact) mass is 178 g/mol. The van der Waals surface area contributed by atoms with Gasteiger partial charge in [-0.1, -0.05) is 5.92 Å². The van der Waals surface area contributed by atoms with E-state index in [0.29, 0.717) is 6.61 Å². The summed E-state index contributed by atoms with van der Waals surface area (Å²) in [5.41, 5.74) is -0.444. The number of terminal acetylenes is 1. The summed E-state index contributed by atoms with van der Waals surface area (Å²) in [5, 5.41) is 0. The highest BCUT2D eigenvalue weighted by molar-refractivity contribution is 5.11. The van der Waals surface area contributed by atoms with Crippen molar-refractivity contribution in [2.45, 2.75) is 26.4 Å². The largest absolute Gasteiger partial charge is 0.463 e. The normalized spacial score (nSPS) is 11.2. The molecule has 13 heavy (non-hydrogen) atoms. The summed E-state index contributed by atoms with van der Waals surface area (Å²) in [6, 6.07) is 3.82. The highest BCUT2D eigenvalue weighted by atomic mass is 16.5. The second-order valence-electron chi connectivity index (χ2n) is 3.41. The van der Waals surface area contributed by atoms with E-state index >= 15 is 0 Å². The molecule has 1 aromatic heterocycles. The minimum atomic E-state index is -0.444. The molecule has 0 unspecified atom stereocenters. The van der Waals surface area contributed by atoms with Crippen LogP contribution in [0.2, 0.25) is 0 Å². The summed E-state index contributed by atoms with van der Waals surface area (Å²) in [6.07, 6.45) is 5.11. The van der Waals surface area contributed by atoms with Crippen LogP contribution in [0.1, 0.15) is 25.4 Å². The predicted octanol–water partition coefficient (Wildman–Crippen LogP) is 2.47. The number of aryl methyl sites for hydroxylation is 1. The van der Waals surface area contributed by atoms with Gasteiger partial charge in [-0.05, 0) is 32.9 Å². The fourth-order valence-corrected chi connectivity index (χ4v) is 1.05. The van der Waals surface area contributed by atoms with Gasteiger partial charge in [0.25, 0.3) is 0 Å². The summed E-state index contributed by atoms with van der Waals surface area (Å²) < 4.78 is 10.9. The van der Waals surface area contributed by atoms with Crippen LogP contribution in [0.5, 0.6) is 0 Å². The van der Waals surface area contributed by atoms with Crippen molar-refractivity contribution in [2.75, 3.05) is 6.61 Å². The summed E-state index contributed by atoms with van der Waals surface area (Å²) in [7, 11) is 0. The van der Waals surface area contributed by atoms with Gasteiger partial charge in [-0.2, -0.15) is 0 Å². The average molecular weight is 178 g/mol. The highest BCUT2D eigenvalue weighted by Crippen LogP contribution is 2.25. The first kappa shape index (κ1) is 9.88. The second kappa shape index (κ2) is 3.68. The molecule has 0 N–H and O–H groups in total. The molecule has 0 aliphatic carbocycles. The van der Waals surface area contributed by atoms with E-state index in [9.17, 15) is 0 Å². The molecule has 2 heteroatoms. The molecular formula is C11H14O2. The second-order valence-corrected chi connectivity index (χ2v) is 3.41. The van der Waals surface area contributed by atoms with E-state index < -0.39 is 5.60 Å². The standard InChI is InChI=1S/C11H14O2/c1-5-8-12-11(3,4)10-7-6-9(2)13-10/h1,6-7H,8H2,2-4H3. The Morgan fingerprint density at radius 3 is 2.69 bits per heavy atom. The van der Waals surface area contributed by atoms with Crippen LogP contribution in [0, 0.1) is 19.3 Å². The smallest absolute Gasteiger partial charge is 0.135 e. The Balaban J connectivity index is 2.75. The summed E-state index contributed by atoms with van der Waals surface area (Å²) in [4.78, 5) is 0. The third-order valence-corrected chi connectivity index (χ3v) is 1.85. The Kier molecular flexibility index (Phi) is 2.79. The van der Waals surface area contributed by atoms with E-state index in [4.69, 9.17) is 15.6 Å². The van der Waals surface area contributed by atoms with Gasteiger partial charge in [-0.3, -0.25) is 0 Å². The maximum Gasteiger partial charge on any atom is 0.135 e. The van der Waals surface area contributed by atoms with E-state index in [2.05, 4.69) is 5.92 Å². The van der Waals surface area contributed by atoms with Gasteiger partial charge < -0.3 is 9.15 Å². The van der Waals surface area contributed by atoms with E-state index in [0.717, 1.165) is 11.5 Å². The zero-order valence-corrected chi connectivity index (χ0v) is 8.26. The van der Waals surface area contributed by atoms with Gasteiger partial charge >= 0.3 is 0 Å². The van der Waals surface area contributed by atoms with Crippen LogP contribution in [-0.4, -0.2) is 6.61 Å². The highest BCUT2D eigenvalue weighted by Gasteiger charge is 2.24. The Bertz CT molecular complexity index is 315. The molecule has 0 bridgehead atoms. The molecule has 1 rings (SSSR count). The summed E-state index contributed by atoms with van der Waals surface area (Å²) >= 11 is 0. The third kappa shape index (κ3) is 2.37. The van der Waals surface area contributed by atoms with Crippen LogP contribution in [-0.2, 0) is 10.3 Å². The van der Waals surface area contributed by atoms with Gasteiger partial charge in [0.05, 0.1) is 0 Å². The Labute approximate surface area is 78.9 Å². The number of rotatable bonds is 3. The van der Waals surface area contributed by atoms with E-state index in [1.165, 1.54) is 0 Å². The Morgan fingerprint density at radius 1 is 1.54 bits per heavy atom. The van der Waals surface area contributed by atoms with Gasteiger partial charge in [0.15, 0.2) is 0 Å². The molecule has 70 valence electrons. The number of ether oxygens (including phenoxy) is 1. The van der Waals surface area contributed by atoms with Gasteiger partial charge in [-0.15, -0.1) is 6.42 Å². The predicted molar refractivity (Wildman–Crippen MR) is 51.3 cm³/mol. The zero-order valence-electron chi connectivity index (χ0n) is 8.26. The lowest BCUT2D eigenvalue weighted by atomic mass is 10.1. The number of hydrogen-bond acceptors (Lipinski definition) is 2. The van der Waals surface area contributed by atoms with Crippen LogP contribution in [0.15, 0.2) is 16.5 Å². The molecule has 0 aliphatic heterocycles. The minimum absolute atomic E-state index is 0.298. The first-order chi connectivity index (χ1) is 6.06. The molecule has 1 aromatic rings. The van der Waals surface area contributed by atoms with Crippen LogP contribution in [0.4, 0.5) is 0 Å². The SMILES string of the molecule is C#CCOC(C)(C)c1ccc(C)o1. The lowest BCUT2D eigenvalue weighted by molar-refractivity contribution is -0.0188. The molecule has 0 radical (unpaired) electrons. The van der Waals surface area contributed by atoms with Crippen LogP contribution >= 0.6 is 0 Å². The Hall–Kier alpha value is -1.20. The van der Waals surface area contributed by atoms with Crippen molar-refractivity contribution in [3.8, 4) is 12.3 Å². The van der Waals surface area contributed by atoms with Crippen molar-refractivity contribution in [3.63, 3.8) is 0 Å². The molecule has 0 spiro atoms. The lowest BCUT2D eigenvalue weighted by Gasteiger charge is -2.21. The maximum absolute atomic E-state index is 5.45. The first-order valence-electron chi connectivity index (χ1n) is 4.20. The lowest BCUT2D eigenvalue weighted by Crippen LogP contribution is -2.20. The van der Waals surface area contributed by atoms with E-state index in [1.54, 1.807) is 0 Å². The molecule has 0 amide bonds. The van der Waals surface area contributed by atoms with Crippen LogP contribution < -0.4 is 0 Å². The summed E-state index contributed by atoms with van der Waals surface area (Å²) in [5.74, 6) is 4.12. The van der Waals surface area contributed by atoms with Crippen LogP contribution in [0.25, 0.3) is 0 Å². The van der Waals surface area contributed by atoms with Crippen molar-refractivity contribution in [2.24, 2.45) is 0 Å². The summed E-state index contributed by atoms with van der Waals surface area (Å²) in [6.45, 7) is 6.07.